The Morgan fingerprint density at radius 2 is 2.17 bits per heavy atom. The molecular weight excluding hydrogens is 179 g/mol. The van der Waals surface area contributed by atoms with Crippen molar-refractivity contribution in [1.82, 2.24) is 0 Å². The Bertz CT molecular complexity index is 263. The second-order valence-electron chi connectivity index (χ2n) is 2.58. The second kappa shape index (κ2) is 4.31. The predicted octanol–water partition coefficient (Wildman–Crippen LogP) is 2.70. The monoisotopic (exact) mass is 188 g/mol. The summed E-state index contributed by atoms with van der Waals surface area (Å²) in [7, 11) is 0. The molecule has 0 aliphatic heterocycles. The maximum absolute atomic E-state index is 12.5. The van der Waals surface area contributed by atoms with E-state index in [1.807, 2.05) is 0 Å². The molecule has 0 saturated carbocycles. The van der Waals surface area contributed by atoms with Crippen molar-refractivity contribution in [3.05, 3.63) is 29.6 Å². The van der Waals surface area contributed by atoms with Gasteiger partial charge in [-0.15, -0.1) is 11.6 Å². The van der Waals surface area contributed by atoms with Gasteiger partial charge in [0.25, 0.3) is 0 Å². The lowest BCUT2D eigenvalue weighted by molar-refractivity contribution is 0.431. The molecule has 0 fully saturated rings. The van der Waals surface area contributed by atoms with Crippen LogP contribution in [0.5, 0.6) is 5.75 Å². The van der Waals surface area contributed by atoms with E-state index in [0.717, 1.165) is 18.4 Å². The number of halogens is 2. The molecule has 1 nitrogen and oxygen atoms in total. The molecule has 3 heteroatoms. The summed E-state index contributed by atoms with van der Waals surface area (Å²) in [5.41, 5.74) is 0.912. The van der Waals surface area contributed by atoms with Gasteiger partial charge >= 0.3 is 0 Å². The Labute approximate surface area is 75.8 Å². The smallest absolute Gasteiger partial charge is 0.164 e. The van der Waals surface area contributed by atoms with Gasteiger partial charge in [0.15, 0.2) is 11.6 Å². The molecule has 0 aliphatic rings. The van der Waals surface area contributed by atoms with E-state index >= 15 is 0 Å². The van der Waals surface area contributed by atoms with Crippen LogP contribution < -0.4 is 0 Å². The lowest BCUT2D eigenvalue weighted by atomic mass is 10.1. The van der Waals surface area contributed by atoms with E-state index in [0.29, 0.717) is 5.88 Å². The zero-order chi connectivity index (χ0) is 8.97. The van der Waals surface area contributed by atoms with Gasteiger partial charge < -0.3 is 5.11 Å². The van der Waals surface area contributed by atoms with Crippen LogP contribution in [-0.2, 0) is 6.42 Å². The molecule has 0 radical (unpaired) electrons. The Kier molecular flexibility index (Phi) is 3.35. The average Bonchev–Trinajstić information content (AvgIpc) is 2.07. The molecule has 0 atom stereocenters. The predicted molar refractivity (Wildman–Crippen MR) is 47.1 cm³/mol. The molecular formula is C9H10ClFO. The van der Waals surface area contributed by atoms with Gasteiger partial charge in [-0.1, -0.05) is 6.07 Å². The van der Waals surface area contributed by atoms with Gasteiger partial charge in [0.05, 0.1) is 0 Å². The summed E-state index contributed by atoms with van der Waals surface area (Å²) in [6.45, 7) is 0. The molecule has 66 valence electrons. The number of phenols is 1. The van der Waals surface area contributed by atoms with E-state index in [-0.39, 0.29) is 5.75 Å². The van der Waals surface area contributed by atoms with Crippen LogP contribution in [0.4, 0.5) is 4.39 Å². The van der Waals surface area contributed by atoms with Crippen LogP contribution in [0, 0.1) is 5.82 Å². The van der Waals surface area contributed by atoms with Crippen molar-refractivity contribution in [1.29, 1.82) is 0 Å². The largest absolute Gasteiger partial charge is 0.505 e. The SMILES string of the molecule is Oc1cc(CCCCl)ccc1F. The number of rotatable bonds is 3. The normalized spacial score (nSPS) is 10.2. The lowest BCUT2D eigenvalue weighted by Gasteiger charge is -2.00. The minimum Gasteiger partial charge on any atom is -0.505 e. The van der Waals surface area contributed by atoms with Crippen LogP contribution in [0.3, 0.4) is 0 Å². The highest BCUT2D eigenvalue weighted by molar-refractivity contribution is 6.17. The number of benzene rings is 1. The first-order chi connectivity index (χ1) is 5.74. The summed E-state index contributed by atoms with van der Waals surface area (Å²) in [6, 6.07) is 4.35. The molecule has 12 heavy (non-hydrogen) atoms. The third kappa shape index (κ3) is 2.38. The molecule has 0 heterocycles. The van der Waals surface area contributed by atoms with Crippen molar-refractivity contribution in [3.8, 4) is 5.75 Å². The fourth-order valence-electron chi connectivity index (χ4n) is 0.985. The van der Waals surface area contributed by atoms with Crippen molar-refractivity contribution >= 4 is 11.6 Å². The van der Waals surface area contributed by atoms with E-state index in [9.17, 15) is 4.39 Å². The molecule has 1 N–H and O–H groups in total. The van der Waals surface area contributed by atoms with E-state index in [1.165, 1.54) is 12.1 Å². The fraction of sp³-hybridized carbons (Fsp3) is 0.333. The maximum Gasteiger partial charge on any atom is 0.164 e. The molecule has 0 amide bonds. The molecule has 1 aromatic rings. The first-order valence-electron chi connectivity index (χ1n) is 3.77. The van der Waals surface area contributed by atoms with E-state index in [4.69, 9.17) is 16.7 Å². The average molecular weight is 189 g/mol. The first-order valence-corrected chi connectivity index (χ1v) is 4.31. The number of phenolic OH excluding ortho intramolecular Hbond substituents is 1. The summed E-state index contributed by atoms with van der Waals surface area (Å²) in [5.74, 6) is -0.287. The number of hydrogen-bond acceptors (Lipinski definition) is 1. The Balaban J connectivity index is 2.69. The molecule has 0 unspecified atom stereocenters. The zero-order valence-corrected chi connectivity index (χ0v) is 7.31. The van der Waals surface area contributed by atoms with Gasteiger partial charge in [-0.25, -0.2) is 4.39 Å². The maximum atomic E-state index is 12.5. The second-order valence-corrected chi connectivity index (χ2v) is 2.96. The van der Waals surface area contributed by atoms with E-state index in [2.05, 4.69) is 0 Å². The van der Waals surface area contributed by atoms with Gasteiger partial charge in [-0.2, -0.15) is 0 Å². The summed E-state index contributed by atoms with van der Waals surface area (Å²) in [6.07, 6.45) is 1.62. The van der Waals surface area contributed by atoms with Crippen LogP contribution in [-0.4, -0.2) is 11.0 Å². The van der Waals surface area contributed by atoms with Crippen LogP contribution in [0.15, 0.2) is 18.2 Å². The minimum absolute atomic E-state index is 0.290. The molecule has 1 aromatic carbocycles. The molecule has 0 bridgehead atoms. The number of aryl methyl sites for hydroxylation is 1. The van der Waals surface area contributed by atoms with E-state index < -0.39 is 5.82 Å². The topological polar surface area (TPSA) is 20.2 Å². The Morgan fingerprint density at radius 1 is 1.42 bits per heavy atom. The number of alkyl halides is 1. The van der Waals surface area contributed by atoms with Crippen molar-refractivity contribution in [2.24, 2.45) is 0 Å². The summed E-state index contributed by atoms with van der Waals surface area (Å²) in [4.78, 5) is 0. The highest BCUT2D eigenvalue weighted by Crippen LogP contribution is 2.17. The fourth-order valence-corrected chi connectivity index (χ4v) is 1.12. The summed E-state index contributed by atoms with van der Waals surface area (Å²) in [5, 5.41) is 8.99. The first kappa shape index (κ1) is 9.33. The molecule has 0 aliphatic carbocycles. The van der Waals surface area contributed by atoms with Crippen LogP contribution >= 0.6 is 11.6 Å². The van der Waals surface area contributed by atoms with Gasteiger partial charge in [-0.3, -0.25) is 0 Å². The zero-order valence-electron chi connectivity index (χ0n) is 6.56. The molecule has 0 saturated heterocycles. The van der Waals surface area contributed by atoms with Crippen LogP contribution in [0.25, 0.3) is 0 Å². The van der Waals surface area contributed by atoms with E-state index in [1.54, 1.807) is 6.07 Å². The quantitative estimate of drug-likeness (QED) is 0.724. The van der Waals surface area contributed by atoms with Crippen molar-refractivity contribution < 1.29 is 9.50 Å². The van der Waals surface area contributed by atoms with Crippen molar-refractivity contribution in [3.63, 3.8) is 0 Å². The summed E-state index contributed by atoms with van der Waals surface area (Å²) >= 11 is 5.49. The molecule has 0 aromatic heterocycles. The highest BCUT2D eigenvalue weighted by Gasteiger charge is 2.00. The van der Waals surface area contributed by atoms with Crippen LogP contribution in [0.1, 0.15) is 12.0 Å². The lowest BCUT2D eigenvalue weighted by Crippen LogP contribution is -1.87. The van der Waals surface area contributed by atoms with Gasteiger partial charge in [0, 0.05) is 5.88 Å². The molecule has 0 spiro atoms. The Hall–Kier alpha value is -0.760. The number of hydrogen-bond donors (Lipinski definition) is 1. The third-order valence-corrected chi connectivity index (χ3v) is 1.88. The Morgan fingerprint density at radius 3 is 2.75 bits per heavy atom. The van der Waals surface area contributed by atoms with Gasteiger partial charge in [-0.05, 0) is 30.5 Å². The number of aromatic hydroxyl groups is 1. The third-order valence-electron chi connectivity index (χ3n) is 1.61. The summed E-state index contributed by atoms with van der Waals surface area (Å²) < 4.78 is 12.5. The minimum atomic E-state index is -0.579. The van der Waals surface area contributed by atoms with Gasteiger partial charge in [0.1, 0.15) is 0 Å². The molecule has 1 rings (SSSR count). The van der Waals surface area contributed by atoms with Gasteiger partial charge in [0.2, 0.25) is 0 Å². The van der Waals surface area contributed by atoms with Crippen molar-refractivity contribution in [2.75, 3.05) is 5.88 Å². The standard InChI is InChI=1S/C9H10ClFO/c10-5-1-2-7-3-4-8(11)9(12)6-7/h3-4,6,12H,1-2,5H2. The van der Waals surface area contributed by atoms with Crippen LogP contribution in [0.2, 0.25) is 0 Å². The van der Waals surface area contributed by atoms with Crippen molar-refractivity contribution in [2.45, 2.75) is 12.8 Å². The highest BCUT2D eigenvalue weighted by atomic mass is 35.5.